The molecule has 3 nitrogen and oxygen atoms in total. The van der Waals surface area contributed by atoms with E-state index < -0.39 is 17.8 Å². The van der Waals surface area contributed by atoms with E-state index >= 15 is 0 Å². The Labute approximate surface area is 131 Å². The summed E-state index contributed by atoms with van der Waals surface area (Å²) in [5, 5.41) is 3.19. The normalized spacial score (nSPS) is 24.8. The average molecular weight is 333 g/mol. The molecule has 2 rings (SSSR count). The molecule has 22 heavy (non-hydrogen) atoms. The summed E-state index contributed by atoms with van der Waals surface area (Å²) in [6.45, 7) is 3.88. The highest BCUT2D eigenvalue weighted by Crippen LogP contribution is 2.38. The van der Waals surface area contributed by atoms with Crippen molar-refractivity contribution in [1.82, 2.24) is 5.32 Å². The van der Waals surface area contributed by atoms with Crippen LogP contribution in [0.15, 0.2) is 24.3 Å². The number of carbonyl (C=O) groups is 1. The first-order valence-electron chi connectivity index (χ1n) is 6.80. The van der Waals surface area contributed by atoms with Crippen LogP contribution in [-0.2, 0) is 15.7 Å². The second-order valence-electron chi connectivity index (χ2n) is 5.71. The Morgan fingerprint density at radius 1 is 1.32 bits per heavy atom. The molecule has 1 aliphatic heterocycles. The predicted octanol–water partition coefficient (Wildman–Crippen LogP) is 3.40. The van der Waals surface area contributed by atoms with Crippen molar-refractivity contribution < 1.29 is 22.7 Å². The Kier molecular flexibility index (Phi) is 4.77. The van der Waals surface area contributed by atoms with Crippen molar-refractivity contribution >= 4 is 17.7 Å². The van der Waals surface area contributed by atoms with Gasteiger partial charge in [0, 0.05) is 16.5 Å². The van der Waals surface area contributed by atoms with Gasteiger partial charge in [0.05, 0.1) is 12.7 Å². The van der Waals surface area contributed by atoms with Gasteiger partial charge in [-0.1, -0.05) is 12.1 Å². The summed E-state index contributed by atoms with van der Waals surface area (Å²) >= 11 is 1.60. The minimum Gasteiger partial charge on any atom is -0.468 e. The van der Waals surface area contributed by atoms with Crippen LogP contribution in [0.3, 0.4) is 0 Å². The van der Waals surface area contributed by atoms with Crippen LogP contribution in [0.5, 0.6) is 0 Å². The lowest BCUT2D eigenvalue weighted by Gasteiger charge is -2.41. The maximum absolute atomic E-state index is 12.6. The molecule has 1 N–H and O–H groups in total. The van der Waals surface area contributed by atoms with Crippen LogP contribution in [0, 0.1) is 0 Å². The van der Waals surface area contributed by atoms with E-state index in [0.717, 1.165) is 17.7 Å². The van der Waals surface area contributed by atoms with Gasteiger partial charge >= 0.3 is 12.1 Å². The number of alkyl halides is 3. The van der Waals surface area contributed by atoms with Crippen molar-refractivity contribution in [3.63, 3.8) is 0 Å². The number of carbonyl (C=O) groups excluding carboxylic acids is 1. The monoisotopic (exact) mass is 333 g/mol. The van der Waals surface area contributed by atoms with Crippen LogP contribution in [0.1, 0.15) is 31.0 Å². The van der Waals surface area contributed by atoms with E-state index in [1.165, 1.54) is 19.2 Å². The number of esters is 1. The van der Waals surface area contributed by atoms with Crippen molar-refractivity contribution in [2.75, 3.05) is 12.9 Å². The Bertz CT molecular complexity index is 543. The molecule has 1 heterocycles. The minimum atomic E-state index is -4.34. The average Bonchev–Trinajstić information content (AvgIpc) is 2.45. The van der Waals surface area contributed by atoms with E-state index in [-0.39, 0.29) is 16.8 Å². The number of nitrogens with one attached hydrogen (secondary N) is 1. The maximum Gasteiger partial charge on any atom is 0.416 e. The highest BCUT2D eigenvalue weighted by Gasteiger charge is 2.42. The molecule has 0 spiro atoms. The Morgan fingerprint density at radius 3 is 2.41 bits per heavy atom. The third-order valence-electron chi connectivity index (χ3n) is 3.76. The third kappa shape index (κ3) is 3.57. The number of hydrogen-bond donors (Lipinski definition) is 1. The van der Waals surface area contributed by atoms with Crippen LogP contribution < -0.4 is 5.32 Å². The van der Waals surface area contributed by atoms with Crippen LogP contribution in [0.4, 0.5) is 13.2 Å². The number of rotatable bonds is 2. The van der Waals surface area contributed by atoms with E-state index in [0.29, 0.717) is 5.75 Å². The molecule has 2 unspecified atom stereocenters. The van der Waals surface area contributed by atoms with E-state index in [4.69, 9.17) is 4.74 Å². The number of ether oxygens (including phenoxy) is 1. The summed E-state index contributed by atoms with van der Waals surface area (Å²) in [4.78, 5) is 11.9. The van der Waals surface area contributed by atoms with Crippen molar-refractivity contribution in [3.8, 4) is 0 Å². The first kappa shape index (κ1) is 17.1. The molecule has 1 saturated heterocycles. The highest BCUT2D eigenvalue weighted by atomic mass is 32.2. The molecule has 0 bridgehead atoms. The molecule has 1 fully saturated rings. The standard InChI is InChI=1S/C15H18F3NO2S/c1-14(2)12(13(20)21-3)19-11(8-22-14)9-4-6-10(7-5-9)15(16,17)18/h4-7,11-12,19H,8H2,1-3H3. The molecule has 2 atom stereocenters. The van der Waals surface area contributed by atoms with Gasteiger partial charge in [0.25, 0.3) is 0 Å². The van der Waals surface area contributed by atoms with Crippen molar-refractivity contribution in [2.45, 2.75) is 36.9 Å². The molecule has 0 aliphatic carbocycles. The number of hydrogen-bond acceptors (Lipinski definition) is 4. The van der Waals surface area contributed by atoms with E-state index in [2.05, 4.69) is 5.32 Å². The van der Waals surface area contributed by atoms with Gasteiger partial charge in [-0.3, -0.25) is 10.1 Å². The zero-order valence-corrected chi connectivity index (χ0v) is 13.3. The van der Waals surface area contributed by atoms with Crippen molar-refractivity contribution in [1.29, 1.82) is 0 Å². The second-order valence-corrected chi connectivity index (χ2v) is 7.38. The van der Waals surface area contributed by atoms with Crippen LogP contribution in [0.25, 0.3) is 0 Å². The fourth-order valence-corrected chi connectivity index (χ4v) is 3.61. The molecule has 0 aromatic heterocycles. The van der Waals surface area contributed by atoms with Crippen LogP contribution in [0.2, 0.25) is 0 Å². The Morgan fingerprint density at radius 2 is 1.91 bits per heavy atom. The molecule has 1 aliphatic rings. The number of halogens is 3. The molecule has 0 saturated carbocycles. The largest absolute Gasteiger partial charge is 0.468 e. The highest BCUT2D eigenvalue weighted by molar-refractivity contribution is 8.00. The summed E-state index contributed by atoms with van der Waals surface area (Å²) < 4.78 is 42.3. The zero-order valence-electron chi connectivity index (χ0n) is 12.5. The molecular weight excluding hydrogens is 315 g/mol. The predicted molar refractivity (Wildman–Crippen MR) is 79.7 cm³/mol. The summed E-state index contributed by atoms with van der Waals surface area (Å²) in [7, 11) is 1.33. The molecule has 1 aromatic rings. The second kappa shape index (κ2) is 6.12. The zero-order chi connectivity index (χ0) is 16.5. The maximum atomic E-state index is 12.6. The lowest BCUT2D eigenvalue weighted by atomic mass is 9.98. The number of methoxy groups -OCH3 is 1. The molecule has 0 radical (unpaired) electrons. The molecular formula is C15H18F3NO2S. The smallest absolute Gasteiger partial charge is 0.416 e. The van der Waals surface area contributed by atoms with Gasteiger partial charge in [-0.25, -0.2) is 0 Å². The minimum absolute atomic E-state index is 0.190. The van der Waals surface area contributed by atoms with E-state index in [1.807, 2.05) is 13.8 Å². The quantitative estimate of drug-likeness (QED) is 0.842. The Balaban J connectivity index is 2.18. The van der Waals surface area contributed by atoms with Gasteiger partial charge in [0.1, 0.15) is 6.04 Å². The summed E-state index contributed by atoms with van der Waals surface area (Å²) in [5.74, 6) is 0.306. The fraction of sp³-hybridized carbons (Fsp3) is 0.533. The lowest BCUT2D eigenvalue weighted by Crippen LogP contribution is -2.56. The molecule has 1 aromatic carbocycles. The topological polar surface area (TPSA) is 38.3 Å². The van der Waals surface area contributed by atoms with Crippen molar-refractivity contribution in [3.05, 3.63) is 35.4 Å². The van der Waals surface area contributed by atoms with Crippen LogP contribution in [-0.4, -0.2) is 29.6 Å². The van der Waals surface area contributed by atoms with E-state index in [9.17, 15) is 18.0 Å². The fourth-order valence-electron chi connectivity index (χ4n) is 2.40. The molecule has 0 amide bonds. The number of thioether (sulfide) groups is 1. The van der Waals surface area contributed by atoms with Gasteiger partial charge in [-0.2, -0.15) is 24.9 Å². The first-order chi connectivity index (χ1) is 10.1. The molecule has 122 valence electrons. The van der Waals surface area contributed by atoms with Gasteiger partial charge in [0.15, 0.2) is 0 Å². The SMILES string of the molecule is COC(=O)C1NC(c2ccc(C(F)(F)F)cc2)CSC1(C)C. The number of benzene rings is 1. The third-order valence-corrected chi connectivity index (χ3v) is 5.24. The van der Waals surface area contributed by atoms with Gasteiger partial charge in [-0.05, 0) is 31.5 Å². The van der Waals surface area contributed by atoms with Gasteiger partial charge in [0.2, 0.25) is 0 Å². The van der Waals surface area contributed by atoms with Crippen LogP contribution >= 0.6 is 11.8 Å². The van der Waals surface area contributed by atoms with Gasteiger partial charge < -0.3 is 4.74 Å². The first-order valence-corrected chi connectivity index (χ1v) is 7.78. The lowest BCUT2D eigenvalue weighted by molar-refractivity contribution is -0.144. The van der Waals surface area contributed by atoms with Crippen molar-refractivity contribution in [2.24, 2.45) is 0 Å². The van der Waals surface area contributed by atoms with Gasteiger partial charge in [-0.15, -0.1) is 0 Å². The summed E-state index contributed by atoms with van der Waals surface area (Å²) in [6, 6.07) is 4.33. The summed E-state index contributed by atoms with van der Waals surface area (Å²) in [6.07, 6.45) is -4.34. The molecule has 7 heteroatoms. The summed E-state index contributed by atoms with van der Waals surface area (Å²) in [5.41, 5.74) is 0.0504. The Hall–Kier alpha value is -1.21. The van der Waals surface area contributed by atoms with E-state index in [1.54, 1.807) is 11.8 Å².